The van der Waals surface area contributed by atoms with Gasteiger partial charge in [-0.05, 0) is 36.5 Å². The van der Waals surface area contributed by atoms with E-state index < -0.39 is 12.3 Å². The first kappa shape index (κ1) is 13.2. The molecule has 1 aliphatic carbocycles. The van der Waals surface area contributed by atoms with Crippen molar-refractivity contribution in [2.24, 2.45) is 5.92 Å². The van der Waals surface area contributed by atoms with E-state index in [9.17, 15) is 8.78 Å². The third kappa shape index (κ3) is 2.87. The second-order valence-electron chi connectivity index (χ2n) is 4.62. The molecule has 8 heteroatoms. The molecule has 1 saturated carbocycles. The maximum Gasteiger partial charge on any atom is 0.316 e. The maximum atomic E-state index is 12.4. The van der Waals surface area contributed by atoms with Gasteiger partial charge in [0, 0.05) is 6.20 Å². The summed E-state index contributed by atoms with van der Waals surface area (Å²) in [6.45, 7) is 0. The van der Waals surface area contributed by atoms with Crippen LogP contribution in [0.3, 0.4) is 0 Å². The van der Waals surface area contributed by atoms with Gasteiger partial charge < -0.3 is 9.73 Å². The fraction of sp³-hybridized carbons (Fsp3) is 0.417. The minimum atomic E-state index is -2.77. The molecular weight excluding hydrogens is 290 g/mol. The minimum Gasteiger partial charge on any atom is -0.402 e. The lowest BCUT2D eigenvalue weighted by Crippen LogP contribution is -2.13. The van der Waals surface area contributed by atoms with E-state index in [2.05, 4.69) is 20.5 Å². The summed E-state index contributed by atoms with van der Waals surface area (Å²) in [5.41, 5.74) is 0.921. The highest BCUT2D eigenvalue weighted by atomic mass is 35.5. The van der Waals surface area contributed by atoms with Crippen LogP contribution in [0, 0.1) is 5.92 Å². The van der Waals surface area contributed by atoms with Crippen molar-refractivity contribution in [3.8, 4) is 0 Å². The first-order valence-corrected chi connectivity index (χ1v) is 6.51. The molecule has 1 atom stereocenters. The Kier molecular flexibility index (Phi) is 3.52. The van der Waals surface area contributed by atoms with Gasteiger partial charge in [0.05, 0.1) is 6.04 Å². The Morgan fingerprint density at radius 1 is 1.35 bits per heavy atom. The van der Waals surface area contributed by atoms with Gasteiger partial charge in [-0.2, -0.15) is 8.78 Å². The van der Waals surface area contributed by atoms with E-state index in [-0.39, 0.29) is 12.1 Å². The van der Waals surface area contributed by atoms with E-state index in [0.717, 1.165) is 18.4 Å². The Hall–Kier alpha value is -1.76. The SMILES string of the molecule is FC(F)c1nnc(NC(c2ccnc(Cl)c2)C2CC2)o1. The smallest absolute Gasteiger partial charge is 0.316 e. The monoisotopic (exact) mass is 300 g/mol. The molecule has 1 N–H and O–H groups in total. The lowest BCUT2D eigenvalue weighted by atomic mass is 10.0. The molecule has 0 bridgehead atoms. The third-order valence-corrected chi connectivity index (χ3v) is 3.32. The van der Waals surface area contributed by atoms with E-state index in [4.69, 9.17) is 16.0 Å². The number of aromatic nitrogens is 3. The lowest BCUT2D eigenvalue weighted by molar-refractivity contribution is 0.116. The molecule has 0 spiro atoms. The molecule has 1 aliphatic rings. The molecule has 2 heterocycles. The quantitative estimate of drug-likeness (QED) is 0.854. The zero-order valence-electron chi connectivity index (χ0n) is 10.3. The number of hydrogen-bond donors (Lipinski definition) is 1. The van der Waals surface area contributed by atoms with E-state index >= 15 is 0 Å². The summed E-state index contributed by atoms with van der Waals surface area (Å²) in [7, 11) is 0. The van der Waals surface area contributed by atoms with Crippen molar-refractivity contribution in [2.75, 3.05) is 5.32 Å². The van der Waals surface area contributed by atoms with Crippen LogP contribution in [-0.2, 0) is 0 Å². The fourth-order valence-corrected chi connectivity index (χ4v) is 2.21. The minimum absolute atomic E-state index is 0.00913. The molecule has 0 amide bonds. The molecule has 1 unspecified atom stereocenters. The molecule has 0 aromatic carbocycles. The normalized spacial score (nSPS) is 16.4. The van der Waals surface area contributed by atoms with Crippen LogP contribution in [0.5, 0.6) is 0 Å². The summed E-state index contributed by atoms with van der Waals surface area (Å²) >= 11 is 5.87. The van der Waals surface area contributed by atoms with Crippen LogP contribution in [0.1, 0.15) is 36.8 Å². The summed E-state index contributed by atoms with van der Waals surface area (Å²) in [6, 6.07) is 3.46. The molecular formula is C12H11ClF2N4O. The highest BCUT2D eigenvalue weighted by molar-refractivity contribution is 6.29. The van der Waals surface area contributed by atoms with Gasteiger partial charge in [-0.3, -0.25) is 0 Å². The molecule has 5 nitrogen and oxygen atoms in total. The molecule has 0 radical (unpaired) electrons. The molecule has 1 fully saturated rings. The van der Waals surface area contributed by atoms with Crippen molar-refractivity contribution in [1.29, 1.82) is 0 Å². The van der Waals surface area contributed by atoms with Crippen molar-refractivity contribution in [2.45, 2.75) is 25.3 Å². The fourth-order valence-electron chi connectivity index (χ4n) is 2.03. The Morgan fingerprint density at radius 2 is 2.15 bits per heavy atom. The number of halogens is 3. The number of pyridine rings is 1. The maximum absolute atomic E-state index is 12.4. The predicted octanol–water partition coefficient (Wildman–Crippen LogP) is 3.62. The van der Waals surface area contributed by atoms with Crippen molar-refractivity contribution in [1.82, 2.24) is 15.2 Å². The summed E-state index contributed by atoms with van der Waals surface area (Å²) < 4.78 is 29.7. The number of alkyl halides is 2. The zero-order chi connectivity index (χ0) is 14.1. The van der Waals surface area contributed by atoms with Crippen LogP contribution in [0.2, 0.25) is 5.15 Å². The summed E-state index contributed by atoms with van der Waals surface area (Å²) in [4.78, 5) is 3.92. The molecule has 0 aliphatic heterocycles. The van der Waals surface area contributed by atoms with E-state index in [1.165, 1.54) is 0 Å². The Labute approximate surface area is 118 Å². The van der Waals surface area contributed by atoms with Crippen LogP contribution < -0.4 is 5.32 Å². The van der Waals surface area contributed by atoms with Gasteiger partial charge in [0.25, 0.3) is 5.89 Å². The van der Waals surface area contributed by atoms with Crippen molar-refractivity contribution in [3.63, 3.8) is 0 Å². The number of hydrogen-bond acceptors (Lipinski definition) is 5. The Morgan fingerprint density at radius 3 is 2.75 bits per heavy atom. The average molecular weight is 301 g/mol. The van der Waals surface area contributed by atoms with Gasteiger partial charge in [-0.25, -0.2) is 4.98 Å². The van der Waals surface area contributed by atoms with Crippen LogP contribution in [0.25, 0.3) is 0 Å². The van der Waals surface area contributed by atoms with Gasteiger partial charge in [0.2, 0.25) is 0 Å². The van der Waals surface area contributed by atoms with Gasteiger partial charge in [0.1, 0.15) is 5.15 Å². The Balaban J connectivity index is 1.80. The average Bonchev–Trinajstić information content (AvgIpc) is 3.14. The van der Waals surface area contributed by atoms with E-state index in [1.807, 2.05) is 6.07 Å². The Bertz CT molecular complexity index is 603. The summed E-state index contributed by atoms with van der Waals surface area (Å²) in [6.07, 6.45) is 0.932. The van der Waals surface area contributed by atoms with Crippen LogP contribution in [0.4, 0.5) is 14.8 Å². The van der Waals surface area contributed by atoms with Crippen LogP contribution >= 0.6 is 11.6 Å². The second kappa shape index (κ2) is 5.32. The number of anilines is 1. The van der Waals surface area contributed by atoms with E-state index in [1.54, 1.807) is 12.3 Å². The standard InChI is InChI=1S/C12H11ClF2N4O/c13-8-5-7(3-4-16-8)9(6-1-2-6)17-12-19-18-11(20-12)10(14)15/h3-6,9-10H,1-2H2,(H,17,19). The van der Waals surface area contributed by atoms with Crippen molar-refractivity contribution in [3.05, 3.63) is 34.9 Å². The molecule has 0 saturated heterocycles. The summed E-state index contributed by atoms with van der Waals surface area (Å²) in [5, 5.41) is 10.3. The lowest BCUT2D eigenvalue weighted by Gasteiger charge is -2.17. The van der Waals surface area contributed by atoms with Crippen molar-refractivity contribution < 1.29 is 13.2 Å². The molecule has 2 aromatic heterocycles. The molecule has 20 heavy (non-hydrogen) atoms. The van der Waals surface area contributed by atoms with Crippen LogP contribution in [0.15, 0.2) is 22.7 Å². The third-order valence-electron chi connectivity index (χ3n) is 3.11. The highest BCUT2D eigenvalue weighted by Crippen LogP contribution is 2.43. The predicted molar refractivity (Wildman–Crippen MR) is 67.6 cm³/mol. The number of rotatable bonds is 5. The highest BCUT2D eigenvalue weighted by Gasteiger charge is 2.33. The van der Waals surface area contributed by atoms with Gasteiger partial charge >= 0.3 is 12.4 Å². The molecule has 106 valence electrons. The second-order valence-corrected chi connectivity index (χ2v) is 5.00. The van der Waals surface area contributed by atoms with Gasteiger partial charge in [0.15, 0.2) is 0 Å². The van der Waals surface area contributed by atoms with Gasteiger partial charge in [-0.15, -0.1) is 5.10 Å². The zero-order valence-corrected chi connectivity index (χ0v) is 11.0. The first-order valence-electron chi connectivity index (χ1n) is 6.13. The largest absolute Gasteiger partial charge is 0.402 e. The molecule has 2 aromatic rings. The van der Waals surface area contributed by atoms with Gasteiger partial charge in [-0.1, -0.05) is 16.7 Å². The number of nitrogens with zero attached hydrogens (tertiary/aromatic N) is 3. The van der Waals surface area contributed by atoms with Crippen LogP contribution in [-0.4, -0.2) is 15.2 Å². The first-order chi connectivity index (χ1) is 9.63. The molecule has 3 rings (SSSR count). The topological polar surface area (TPSA) is 63.8 Å². The summed E-state index contributed by atoms with van der Waals surface area (Å²) in [5.74, 6) is -0.287. The van der Waals surface area contributed by atoms with Crippen molar-refractivity contribution >= 4 is 17.6 Å². The number of nitrogens with one attached hydrogen (secondary N) is 1. The van der Waals surface area contributed by atoms with E-state index in [0.29, 0.717) is 11.1 Å².